The van der Waals surface area contributed by atoms with Crippen molar-refractivity contribution in [3.63, 3.8) is 0 Å². The number of nitrogens with one attached hydrogen (secondary N) is 1. The van der Waals surface area contributed by atoms with Crippen LogP contribution in [0.4, 0.5) is 0 Å². The third kappa shape index (κ3) is 3.12. The lowest BCUT2D eigenvalue weighted by Crippen LogP contribution is -2.32. The van der Waals surface area contributed by atoms with E-state index in [0.29, 0.717) is 12.5 Å². The Morgan fingerprint density at radius 2 is 1.90 bits per heavy atom. The molecule has 2 N–H and O–H groups in total. The first-order valence-corrected chi connectivity index (χ1v) is 7.97. The Morgan fingerprint density at radius 1 is 1.19 bits per heavy atom. The predicted molar refractivity (Wildman–Crippen MR) is 84.7 cm³/mol. The predicted octanol–water partition coefficient (Wildman–Crippen LogP) is 3.29. The fourth-order valence-electron chi connectivity index (χ4n) is 2.65. The van der Waals surface area contributed by atoms with Crippen LogP contribution in [0.2, 0.25) is 0 Å². The van der Waals surface area contributed by atoms with Gasteiger partial charge in [0.2, 0.25) is 0 Å². The second-order valence-corrected chi connectivity index (χ2v) is 6.20. The van der Waals surface area contributed by atoms with Crippen molar-refractivity contribution < 1.29 is 9.90 Å². The highest BCUT2D eigenvalue weighted by Gasteiger charge is 2.25. The summed E-state index contributed by atoms with van der Waals surface area (Å²) in [5.41, 5.74) is 2.12. The SMILES string of the molecule is O=C(O)C(NCC1CSc2ccccc21)c1ccccc1. The number of carboxylic acid groups (broad SMARTS) is 1. The maximum absolute atomic E-state index is 11.5. The van der Waals surface area contributed by atoms with E-state index in [2.05, 4.69) is 17.4 Å². The molecule has 1 aliphatic heterocycles. The molecule has 1 aliphatic rings. The van der Waals surface area contributed by atoms with Crippen LogP contribution in [0.3, 0.4) is 0 Å². The summed E-state index contributed by atoms with van der Waals surface area (Å²) < 4.78 is 0. The van der Waals surface area contributed by atoms with Crippen molar-refractivity contribution in [2.45, 2.75) is 16.9 Å². The Bertz CT molecular complexity index is 630. The molecule has 2 aromatic carbocycles. The summed E-state index contributed by atoms with van der Waals surface area (Å²) in [5.74, 6) is 0.546. The molecule has 2 atom stereocenters. The molecule has 4 heteroatoms. The van der Waals surface area contributed by atoms with E-state index >= 15 is 0 Å². The van der Waals surface area contributed by atoms with Gasteiger partial charge in [-0.2, -0.15) is 0 Å². The Kier molecular flexibility index (Phi) is 4.27. The summed E-state index contributed by atoms with van der Waals surface area (Å²) in [6.07, 6.45) is 0. The van der Waals surface area contributed by atoms with E-state index in [-0.39, 0.29) is 0 Å². The van der Waals surface area contributed by atoms with Crippen LogP contribution in [0, 0.1) is 0 Å². The molecule has 1 heterocycles. The summed E-state index contributed by atoms with van der Waals surface area (Å²) in [4.78, 5) is 12.8. The number of aliphatic carboxylic acids is 1. The zero-order chi connectivity index (χ0) is 14.7. The van der Waals surface area contributed by atoms with E-state index in [1.807, 2.05) is 54.2 Å². The van der Waals surface area contributed by atoms with Crippen LogP contribution in [0.15, 0.2) is 59.5 Å². The van der Waals surface area contributed by atoms with Gasteiger partial charge >= 0.3 is 5.97 Å². The Balaban J connectivity index is 1.70. The normalized spacial score (nSPS) is 18.2. The van der Waals surface area contributed by atoms with Crippen molar-refractivity contribution >= 4 is 17.7 Å². The first-order valence-electron chi connectivity index (χ1n) is 6.98. The number of hydrogen-bond donors (Lipinski definition) is 2. The third-order valence-corrected chi connectivity index (χ3v) is 5.00. The van der Waals surface area contributed by atoms with Gasteiger partial charge in [0.05, 0.1) is 0 Å². The van der Waals surface area contributed by atoms with Gasteiger partial charge in [-0.05, 0) is 17.2 Å². The molecule has 0 amide bonds. The number of rotatable bonds is 5. The Labute approximate surface area is 128 Å². The molecule has 21 heavy (non-hydrogen) atoms. The van der Waals surface area contributed by atoms with Gasteiger partial charge in [-0.3, -0.25) is 4.79 Å². The van der Waals surface area contributed by atoms with Gasteiger partial charge in [0, 0.05) is 23.1 Å². The minimum Gasteiger partial charge on any atom is -0.480 e. The number of hydrogen-bond acceptors (Lipinski definition) is 3. The van der Waals surface area contributed by atoms with Crippen LogP contribution in [0.25, 0.3) is 0 Å². The number of carboxylic acids is 1. The topological polar surface area (TPSA) is 49.3 Å². The van der Waals surface area contributed by atoms with Crippen molar-refractivity contribution in [1.82, 2.24) is 5.32 Å². The first-order chi connectivity index (χ1) is 10.3. The van der Waals surface area contributed by atoms with E-state index in [1.165, 1.54) is 10.5 Å². The average Bonchev–Trinajstić information content (AvgIpc) is 2.92. The van der Waals surface area contributed by atoms with Crippen LogP contribution in [0.1, 0.15) is 23.1 Å². The van der Waals surface area contributed by atoms with Gasteiger partial charge in [-0.15, -0.1) is 11.8 Å². The van der Waals surface area contributed by atoms with E-state index in [0.717, 1.165) is 11.3 Å². The largest absolute Gasteiger partial charge is 0.480 e. The molecule has 0 fully saturated rings. The Hall–Kier alpha value is -1.78. The summed E-state index contributed by atoms with van der Waals surface area (Å²) in [5, 5.41) is 12.6. The number of benzene rings is 2. The highest BCUT2D eigenvalue weighted by molar-refractivity contribution is 7.99. The highest BCUT2D eigenvalue weighted by Crippen LogP contribution is 2.39. The molecular formula is C17H17NO2S. The van der Waals surface area contributed by atoms with Crippen LogP contribution in [-0.4, -0.2) is 23.4 Å². The van der Waals surface area contributed by atoms with Crippen molar-refractivity contribution in [3.8, 4) is 0 Å². The van der Waals surface area contributed by atoms with E-state index in [1.54, 1.807) is 0 Å². The minimum atomic E-state index is -0.833. The fourth-order valence-corrected chi connectivity index (χ4v) is 3.91. The second kappa shape index (κ2) is 6.33. The summed E-state index contributed by atoms with van der Waals surface area (Å²) in [6.45, 7) is 0.676. The summed E-state index contributed by atoms with van der Waals surface area (Å²) >= 11 is 1.84. The molecule has 0 aliphatic carbocycles. The van der Waals surface area contributed by atoms with Crippen LogP contribution in [-0.2, 0) is 4.79 Å². The van der Waals surface area contributed by atoms with Crippen molar-refractivity contribution in [1.29, 1.82) is 0 Å². The zero-order valence-electron chi connectivity index (χ0n) is 11.5. The lowest BCUT2D eigenvalue weighted by atomic mass is 10.00. The van der Waals surface area contributed by atoms with Crippen molar-refractivity contribution in [2.24, 2.45) is 0 Å². The highest BCUT2D eigenvalue weighted by atomic mass is 32.2. The molecule has 108 valence electrons. The van der Waals surface area contributed by atoms with E-state index < -0.39 is 12.0 Å². The fraction of sp³-hybridized carbons (Fsp3) is 0.235. The molecular weight excluding hydrogens is 282 g/mol. The lowest BCUT2D eigenvalue weighted by Gasteiger charge is -2.18. The van der Waals surface area contributed by atoms with Gasteiger partial charge in [0.1, 0.15) is 6.04 Å². The van der Waals surface area contributed by atoms with Crippen molar-refractivity contribution in [2.75, 3.05) is 12.3 Å². The van der Waals surface area contributed by atoms with Gasteiger partial charge in [-0.25, -0.2) is 0 Å². The smallest absolute Gasteiger partial charge is 0.325 e. The molecule has 0 bridgehead atoms. The Morgan fingerprint density at radius 3 is 2.67 bits per heavy atom. The van der Waals surface area contributed by atoms with Crippen molar-refractivity contribution in [3.05, 3.63) is 65.7 Å². The number of thioether (sulfide) groups is 1. The average molecular weight is 299 g/mol. The molecule has 3 rings (SSSR count). The standard InChI is InChI=1S/C17H17NO2S/c19-17(20)16(12-6-2-1-3-7-12)18-10-13-11-21-15-9-5-4-8-14(13)15/h1-9,13,16,18H,10-11H2,(H,19,20). The molecule has 0 saturated carbocycles. The number of fused-ring (bicyclic) bond motifs is 1. The van der Waals surface area contributed by atoms with Gasteiger partial charge < -0.3 is 10.4 Å². The molecule has 0 spiro atoms. The van der Waals surface area contributed by atoms with E-state index in [9.17, 15) is 9.90 Å². The van der Waals surface area contributed by atoms with Crippen LogP contribution in [0.5, 0.6) is 0 Å². The summed E-state index contributed by atoms with van der Waals surface area (Å²) in [7, 11) is 0. The van der Waals surface area contributed by atoms with Gasteiger partial charge in [-0.1, -0.05) is 48.5 Å². The van der Waals surface area contributed by atoms with E-state index in [4.69, 9.17) is 0 Å². The lowest BCUT2D eigenvalue weighted by molar-refractivity contribution is -0.139. The molecule has 0 aromatic heterocycles. The number of carbonyl (C=O) groups is 1. The molecule has 2 aromatic rings. The quantitative estimate of drug-likeness (QED) is 0.889. The monoisotopic (exact) mass is 299 g/mol. The molecule has 0 radical (unpaired) electrons. The maximum Gasteiger partial charge on any atom is 0.325 e. The molecule has 0 saturated heterocycles. The molecule has 2 unspecified atom stereocenters. The zero-order valence-corrected chi connectivity index (χ0v) is 12.3. The molecule has 3 nitrogen and oxygen atoms in total. The van der Waals surface area contributed by atoms with Gasteiger partial charge in [0.15, 0.2) is 0 Å². The minimum absolute atomic E-state index is 0.372. The third-order valence-electron chi connectivity index (χ3n) is 3.75. The van der Waals surface area contributed by atoms with Gasteiger partial charge in [0.25, 0.3) is 0 Å². The second-order valence-electron chi connectivity index (χ2n) is 5.14. The van der Waals surface area contributed by atoms with Crippen LogP contribution >= 0.6 is 11.8 Å². The van der Waals surface area contributed by atoms with Crippen LogP contribution < -0.4 is 5.32 Å². The summed E-state index contributed by atoms with van der Waals surface area (Å²) in [6, 6.07) is 17.0. The maximum atomic E-state index is 11.5. The first kappa shape index (κ1) is 14.2.